The Labute approximate surface area is 123 Å². The Morgan fingerprint density at radius 3 is 3.05 bits per heavy atom. The van der Waals surface area contributed by atoms with Gasteiger partial charge in [0.15, 0.2) is 10.8 Å². The van der Waals surface area contributed by atoms with E-state index < -0.39 is 10.0 Å². The molecule has 3 aromatic heterocycles. The van der Waals surface area contributed by atoms with Gasteiger partial charge in [0, 0.05) is 18.6 Å². The molecular formula is C9H12N8O2S2. The molecule has 0 saturated heterocycles. The van der Waals surface area contributed by atoms with E-state index in [1.54, 1.807) is 11.6 Å². The fourth-order valence-electron chi connectivity index (χ4n) is 1.86. The highest BCUT2D eigenvalue weighted by molar-refractivity contribution is 7.89. The first-order valence-electron chi connectivity index (χ1n) is 5.77. The molecule has 112 valence electrons. The maximum Gasteiger partial charge on any atom is 0.263 e. The number of fused-ring (bicyclic) bond motifs is 1. The maximum absolute atomic E-state index is 12.7. The molecule has 3 rings (SSSR count). The number of aromatic nitrogens is 5. The topological polar surface area (TPSA) is 134 Å². The van der Waals surface area contributed by atoms with E-state index in [1.807, 2.05) is 0 Å². The number of rotatable bonds is 5. The van der Waals surface area contributed by atoms with E-state index in [4.69, 9.17) is 5.84 Å². The van der Waals surface area contributed by atoms with Crippen LogP contribution in [-0.2, 0) is 16.6 Å². The lowest BCUT2D eigenvalue weighted by Crippen LogP contribution is -2.29. The molecule has 0 aliphatic heterocycles. The van der Waals surface area contributed by atoms with Crippen molar-refractivity contribution in [3.63, 3.8) is 0 Å². The van der Waals surface area contributed by atoms with Crippen molar-refractivity contribution in [2.24, 2.45) is 5.84 Å². The molecule has 0 aliphatic carbocycles. The van der Waals surface area contributed by atoms with Crippen molar-refractivity contribution in [2.75, 3.05) is 12.5 Å². The smallest absolute Gasteiger partial charge is 0.263 e. The molecule has 0 bridgehead atoms. The van der Waals surface area contributed by atoms with Gasteiger partial charge < -0.3 is 5.43 Å². The standard InChI is InChI=1S/C9H12N8O2S2/c1-16(4-6-11-5-12-15-6)21(18,19)8-7(14-10)13-9-17(8)2-3-20-9/h2-3,5,14H,4,10H2,1H3,(H,11,12,15). The van der Waals surface area contributed by atoms with Crippen LogP contribution in [0.5, 0.6) is 0 Å². The monoisotopic (exact) mass is 328 g/mol. The lowest BCUT2D eigenvalue weighted by Gasteiger charge is -2.15. The first-order valence-corrected chi connectivity index (χ1v) is 8.08. The molecule has 0 radical (unpaired) electrons. The van der Waals surface area contributed by atoms with Gasteiger partial charge in [-0.2, -0.15) is 14.4 Å². The zero-order chi connectivity index (χ0) is 15.0. The first-order chi connectivity index (χ1) is 10.0. The average Bonchev–Trinajstić information content (AvgIpc) is 3.13. The van der Waals surface area contributed by atoms with Gasteiger partial charge in [-0.05, 0) is 0 Å². The van der Waals surface area contributed by atoms with Crippen molar-refractivity contribution < 1.29 is 8.42 Å². The number of thiazole rings is 1. The number of hydrazine groups is 1. The van der Waals surface area contributed by atoms with Crippen LogP contribution in [-0.4, -0.2) is 44.3 Å². The van der Waals surface area contributed by atoms with Gasteiger partial charge >= 0.3 is 0 Å². The summed E-state index contributed by atoms with van der Waals surface area (Å²) in [6.07, 6.45) is 2.95. The van der Waals surface area contributed by atoms with Gasteiger partial charge in [-0.1, -0.05) is 0 Å². The largest absolute Gasteiger partial charge is 0.306 e. The number of aromatic amines is 1. The highest BCUT2D eigenvalue weighted by atomic mass is 32.2. The van der Waals surface area contributed by atoms with Crippen molar-refractivity contribution >= 4 is 32.1 Å². The molecule has 4 N–H and O–H groups in total. The van der Waals surface area contributed by atoms with E-state index in [-0.39, 0.29) is 17.4 Å². The highest BCUT2D eigenvalue weighted by Gasteiger charge is 2.30. The Morgan fingerprint density at radius 2 is 2.38 bits per heavy atom. The molecule has 0 saturated carbocycles. The van der Waals surface area contributed by atoms with Crippen LogP contribution in [0.25, 0.3) is 4.96 Å². The number of nitrogens with two attached hydrogens (primary N) is 1. The van der Waals surface area contributed by atoms with E-state index in [0.717, 1.165) is 4.31 Å². The number of anilines is 1. The van der Waals surface area contributed by atoms with E-state index in [0.29, 0.717) is 10.8 Å². The summed E-state index contributed by atoms with van der Waals surface area (Å²) in [5, 5.41) is 8.05. The van der Waals surface area contributed by atoms with E-state index in [2.05, 4.69) is 25.6 Å². The second kappa shape index (κ2) is 5.07. The Kier molecular flexibility index (Phi) is 3.36. The minimum atomic E-state index is -3.80. The summed E-state index contributed by atoms with van der Waals surface area (Å²) in [6.45, 7) is 0.0592. The summed E-state index contributed by atoms with van der Waals surface area (Å²) in [5.41, 5.74) is 2.32. The lowest BCUT2D eigenvalue weighted by molar-refractivity contribution is 0.454. The minimum absolute atomic E-state index is 0.0109. The van der Waals surface area contributed by atoms with Gasteiger partial charge in [-0.15, -0.1) is 11.3 Å². The Morgan fingerprint density at radius 1 is 1.57 bits per heavy atom. The van der Waals surface area contributed by atoms with E-state index >= 15 is 0 Å². The molecule has 3 heterocycles. The van der Waals surface area contributed by atoms with Gasteiger partial charge in [-0.3, -0.25) is 9.50 Å². The predicted molar refractivity (Wildman–Crippen MR) is 75.9 cm³/mol. The fourth-order valence-corrected chi connectivity index (χ4v) is 3.96. The van der Waals surface area contributed by atoms with E-state index in [9.17, 15) is 8.42 Å². The molecule has 12 heteroatoms. The maximum atomic E-state index is 12.7. The normalized spacial score (nSPS) is 12.3. The molecule has 0 amide bonds. The van der Waals surface area contributed by atoms with Crippen LogP contribution in [0.15, 0.2) is 22.9 Å². The van der Waals surface area contributed by atoms with Crippen molar-refractivity contribution in [1.82, 2.24) is 28.9 Å². The summed E-state index contributed by atoms with van der Waals surface area (Å²) < 4.78 is 28.1. The summed E-state index contributed by atoms with van der Waals surface area (Å²) in [6, 6.07) is 0. The number of nitrogens with one attached hydrogen (secondary N) is 2. The van der Waals surface area contributed by atoms with Crippen LogP contribution in [0.1, 0.15) is 5.82 Å². The fraction of sp³-hybridized carbons (Fsp3) is 0.222. The van der Waals surface area contributed by atoms with Gasteiger partial charge in [-0.25, -0.2) is 19.2 Å². The van der Waals surface area contributed by atoms with E-state index in [1.165, 1.54) is 29.1 Å². The Bertz CT molecular complexity index is 850. The quantitative estimate of drug-likeness (QED) is 0.429. The highest BCUT2D eigenvalue weighted by Crippen LogP contribution is 2.27. The molecule has 0 fully saturated rings. The zero-order valence-corrected chi connectivity index (χ0v) is 12.5. The zero-order valence-electron chi connectivity index (χ0n) is 10.9. The van der Waals surface area contributed by atoms with Crippen molar-refractivity contribution in [3.05, 3.63) is 23.7 Å². The van der Waals surface area contributed by atoms with Crippen LogP contribution >= 0.6 is 11.3 Å². The molecule has 3 aromatic rings. The number of hydrogen-bond donors (Lipinski definition) is 3. The number of nitrogen functional groups attached to an aromatic ring is 1. The Balaban J connectivity index is 2.05. The third-order valence-corrected chi connectivity index (χ3v) is 5.43. The van der Waals surface area contributed by atoms with Gasteiger partial charge in [0.05, 0.1) is 6.54 Å². The number of hydrogen-bond acceptors (Lipinski definition) is 8. The van der Waals surface area contributed by atoms with Crippen molar-refractivity contribution in [1.29, 1.82) is 0 Å². The number of nitrogens with zero attached hydrogens (tertiary/aromatic N) is 5. The van der Waals surface area contributed by atoms with Gasteiger partial charge in [0.25, 0.3) is 10.0 Å². The summed E-state index contributed by atoms with van der Waals surface area (Å²) in [4.78, 5) is 8.59. The third-order valence-electron chi connectivity index (χ3n) is 2.85. The van der Waals surface area contributed by atoms with Crippen LogP contribution < -0.4 is 11.3 Å². The molecular weight excluding hydrogens is 316 g/mol. The van der Waals surface area contributed by atoms with Crippen molar-refractivity contribution in [3.8, 4) is 0 Å². The number of imidazole rings is 1. The summed E-state index contributed by atoms with van der Waals surface area (Å²) in [7, 11) is -2.35. The first kappa shape index (κ1) is 13.9. The van der Waals surface area contributed by atoms with Crippen LogP contribution in [0.4, 0.5) is 5.82 Å². The average molecular weight is 328 g/mol. The molecule has 21 heavy (non-hydrogen) atoms. The number of H-pyrrole nitrogens is 1. The second-order valence-electron chi connectivity index (χ2n) is 4.16. The SMILES string of the molecule is CN(Cc1ncn[nH]1)S(=O)(=O)c1c(NN)nc2sccn12. The molecule has 0 atom stereocenters. The Hall–Kier alpha value is -2.02. The molecule has 0 aliphatic rings. The molecule has 0 unspecified atom stereocenters. The summed E-state index contributed by atoms with van der Waals surface area (Å²) >= 11 is 1.32. The molecule has 0 spiro atoms. The lowest BCUT2D eigenvalue weighted by atomic mass is 10.6. The molecule has 10 nitrogen and oxygen atoms in total. The van der Waals surface area contributed by atoms with Crippen LogP contribution in [0.2, 0.25) is 0 Å². The second-order valence-corrected chi connectivity index (χ2v) is 6.99. The van der Waals surface area contributed by atoms with Gasteiger partial charge in [0.2, 0.25) is 5.03 Å². The number of sulfonamides is 1. The van der Waals surface area contributed by atoms with Crippen LogP contribution in [0.3, 0.4) is 0 Å². The van der Waals surface area contributed by atoms with Crippen molar-refractivity contribution in [2.45, 2.75) is 11.6 Å². The third kappa shape index (κ3) is 2.27. The molecule has 0 aromatic carbocycles. The summed E-state index contributed by atoms with van der Waals surface area (Å²) in [5.74, 6) is 5.92. The van der Waals surface area contributed by atoms with Gasteiger partial charge in [0.1, 0.15) is 12.2 Å². The predicted octanol–water partition coefficient (Wildman–Crippen LogP) is -0.380. The van der Waals surface area contributed by atoms with Crippen LogP contribution in [0, 0.1) is 0 Å². The minimum Gasteiger partial charge on any atom is -0.306 e.